The van der Waals surface area contributed by atoms with Crippen LogP contribution in [0.2, 0.25) is 0 Å². The fourth-order valence-corrected chi connectivity index (χ4v) is 1.83. The maximum absolute atomic E-state index is 8.66. The van der Waals surface area contributed by atoms with E-state index in [0.29, 0.717) is 23.9 Å². The van der Waals surface area contributed by atoms with Gasteiger partial charge >= 0.3 is 0 Å². The molecule has 0 aliphatic rings. The van der Waals surface area contributed by atoms with Crippen molar-refractivity contribution in [1.82, 2.24) is 4.90 Å². The lowest BCUT2D eigenvalue weighted by molar-refractivity contribution is 0.218. The molecule has 0 saturated carbocycles. The number of benzene rings is 1. The van der Waals surface area contributed by atoms with Crippen LogP contribution in [0.4, 0.5) is 5.69 Å². The van der Waals surface area contributed by atoms with Gasteiger partial charge in [-0.25, -0.2) is 0 Å². The van der Waals surface area contributed by atoms with Gasteiger partial charge < -0.3 is 10.5 Å². The van der Waals surface area contributed by atoms with Gasteiger partial charge in [0.15, 0.2) is 0 Å². The van der Waals surface area contributed by atoms with Gasteiger partial charge in [0.25, 0.3) is 0 Å². The summed E-state index contributed by atoms with van der Waals surface area (Å²) in [6.07, 6.45) is 0.545. The first-order chi connectivity index (χ1) is 8.58. The summed E-state index contributed by atoms with van der Waals surface area (Å²) in [7, 11) is 1.61. The van der Waals surface area contributed by atoms with Gasteiger partial charge in [-0.2, -0.15) is 5.26 Å². The molecule has 0 atom stereocenters. The van der Waals surface area contributed by atoms with Crippen LogP contribution < -0.4 is 10.5 Å². The van der Waals surface area contributed by atoms with Gasteiger partial charge in [0, 0.05) is 25.6 Å². The second-order valence-corrected chi connectivity index (χ2v) is 4.55. The zero-order valence-corrected chi connectivity index (χ0v) is 11.3. The summed E-state index contributed by atoms with van der Waals surface area (Å²) in [5, 5.41) is 8.66. The quantitative estimate of drug-likeness (QED) is 0.784. The second kappa shape index (κ2) is 6.87. The number of nitriles is 1. The van der Waals surface area contributed by atoms with E-state index in [9.17, 15) is 0 Å². The Bertz CT molecular complexity index is 424. The van der Waals surface area contributed by atoms with E-state index in [1.54, 1.807) is 7.11 Å². The third kappa shape index (κ3) is 3.94. The van der Waals surface area contributed by atoms with Gasteiger partial charge in [-0.05, 0) is 31.5 Å². The van der Waals surface area contributed by atoms with Crippen molar-refractivity contribution in [3.8, 4) is 11.8 Å². The fourth-order valence-electron chi connectivity index (χ4n) is 1.83. The molecular formula is C14H21N3O. The number of ether oxygens (including phenoxy) is 1. The maximum Gasteiger partial charge on any atom is 0.141 e. The minimum atomic E-state index is 0.404. The lowest BCUT2D eigenvalue weighted by Gasteiger charge is -2.25. The molecule has 4 heteroatoms. The van der Waals surface area contributed by atoms with Crippen molar-refractivity contribution in [2.24, 2.45) is 0 Å². The largest absolute Gasteiger partial charge is 0.495 e. The Hall–Kier alpha value is -1.73. The number of methoxy groups -OCH3 is 1. The van der Waals surface area contributed by atoms with Crippen molar-refractivity contribution < 1.29 is 4.74 Å². The lowest BCUT2D eigenvalue weighted by Crippen LogP contribution is -2.31. The van der Waals surface area contributed by atoms with Crippen molar-refractivity contribution in [3.63, 3.8) is 0 Å². The molecule has 0 aliphatic carbocycles. The van der Waals surface area contributed by atoms with E-state index in [1.165, 1.54) is 0 Å². The SMILES string of the molecule is COc1ccc(CN(CCC#N)C(C)C)cc1N. The Kier molecular flexibility index (Phi) is 5.47. The molecule has 0 amide bonds. The van der Waals surface area contributed by atoms with Gasteiger partial charge in [0.2, 0.25) is 0 Å². The van der Waals surface area contributed by atoms with Gasteiger partial charge in [0.1, 0.15) is 5.75 Å². The summed E-state index contributed by atoms with van der Waals surface area (Å²) in [6, 6.07) is 8.41. The van der Waals surface area contributed by atoms with Crippen LogP contribution in [-0.2, 0) is 6.54 Å². The maximum atomic E-state index is 8.66. The van der Waals surface area contributed by atoms with E-state index >= 15 is 0 Å². The highest BCUT2D eigenvalue weighted by molar-refractivity contribution is 5.54. The van der Waals surface area contributed by atoms with Gasteiger partial charge in [-0.3, -0.25) is 4.90 Å². The van der Waals surface area contributed by atoms with Crippen molar-refractivity contribution in [2.45, 2.75) is 32.9 Å². The number of hydrogen-bond donors (Lipinski definition) is 1. The predicted octanol–water partition coefficient (Wildman–Crippen LogP) is 2.40. The van der Waals surface area contributed by atoms with Crippen molar-refractivity contribution in [1.29, 1.82) is 5.26 Å². The molecule has 2 N–H and O–H groups in total. The second-order valence-electron chi connectivity index (χ2n) is 4.55. The highest BCUT2D eigenvalue weighted by atomic mass is 16.5. The van der Waals surface area contributed by atoms with Crippen LogP contribution in [0.3, 0.4) is 0 Å². The first kappa shape index (κ1) is 14.3. The predicted molar refractivity (Wildman–Crippen MR) is 73.2 cm³/mol. The van der Waals surface area contributed by atoms with Crippen molar-refractivity contribution in [3.05, 3.63) is 23.8 Å². The molecule has 0 spiro atoms. The average molecular weight is 247 g/mol. The van der Waals surface area contributed by atoms with Gasteiger partial charge in [-0.1, -0.05) is 6.07 Å². The van der Waals surface area contributed by atoms with Crippen LogP contribution in [0.5, 0.6) is 5.75 Å². The third-order valence-electron chi connectivity index (χ3n) is 2.92. The number of rotatable bonds is 6. The minimum absolute atomic E-state index is 0.404. The molecule has 0 saturated heterocycles. The third-order valence-corrected chi connectivity index (χ3v) is 2.92. The summed E-state index contributed by atoms with van der Waals surface area (Å²) in [4.78, 5) is 2.25. The summed E-state index contributed by atoms with van der Waals surface area (Å²) in [5.74, 6) is 0.701. The van der Waals surface area contributed by atoms with E-state index in [-0.39, 0.29) is 0 Å². The molecular weight excluding hydrogens is 226 g/mol. The molecule has 0 heterocycles. The van der Waals surface area contributed by atoms with Gasteiger partial charge in [-0.15, -0.1) is 0 Å². The summed E-state index contributed by atoms with van der Waals surface area (Å²) < 4.78 is 5.14. The van der Waals surface area contributed by atoms with Crippen LogP contribution in [0.1, 0.15) is 25.8 Å². The Morgan fingerprint density at radius 2 is 2.17 bits per heavy atom. The van der Waals surface area contributed by atoms with E-state index in [4.69, 9.17) is 15.7 Å². The zero-order valence-electron chi connectivity index (χ0n) is 11.3. The fraction of sp³-hybridized carbons (Fsp3) is 0.500. The Morgan fingerprint density at radius 1 is 1.44 bits per heavy atom. The number of anilines is 1. The van der Waals surface area contributed by atoms with Crippen LogP contribution in [0.15, 0.2) is 18.2 Å². The summed E-state index contributed by atoms with van der Waals surface area (Å²) >= 11 is 0. The molecule has 0 fully saturated rings. The molecule has 0 aromatic heterocycles. The van der Waals surface area contributed by atoms with Crippen molar-refractivity contribution >= 4 is 5.69 Å². The number of nitrogens with zero attached hydrogens (tertiary/aromatic N) is 2. The smallest absolute Gasteiger partial charge is 0.141 e. The topological polar surface area (TPSA) is 62.3 Å². The molecule has 0 aliphatic heterocycles. The zero-order chi connectivity index (χ0) is 13.5. The van der Waals surface area contributed by atoms with Crippen LogP contribution >= 0.6 is 0 Å². The Balaban J connectivity index is 2.75. The molecule has 4 nitrogen and oxygen atoms in total. The van der Waals surface area contributed by atoms with E-state index in [0.717, 1.165) is 18.7 Å². The van der Waals surface area contributed by atoms with E-state index < -0.39 is 0 Å². The first-order valence-electron chi connectivity index (χ1n) is 6.12. The monoisotopic (exact) mass is 247 g/mol. The lowest BCUT2D eigenvalue weighted by atomic mass is 10.1. The highest BCUT2D eigenvalue weighted by Crippen LogP contribution is 2.23. The molecule has 98 valence electrons. The molecule has 1 aromatic rings. The molecule has 0 bridgehead atoms. The number of nitrogens with two attached hydrogens (primary N) is 1. The minimum Gasteiger partial charge on any atom is -0.495 e. The first-order valence-corrected chi connectivity index (χ1v) is 6.12. The van der Waals surface area contributed by atoms with Crippen molar-refractivity contribution in [2.75, 3.05) is 19.4 Å². The van der Waals surface area contributed by atoms with E-state index in [2.05, 4.69) is 24.8 Å². The Morgan fingerprint density at radius 3 is 2.67 bits per heavy atom. The highest BCUT2D eigenvalue weighted by Gasteiger charge is 2.10. The van der Waals surface area contributed by atoms with Gasteiger partial charge in [0.05, 0.1) is 18.9 Å². The Labute approximate surface area is 109 Å². The summed E-state index contributed by atoms with van der Waals surface area (Å²) in [6.45, 7) is 5.84. The van der Waals surface area contributed by atoms with Crippen LogP contribution in [0.25, 0.3) is 0 Å². The molecule has 0 unspecified atom stereocenters. The number of nitrogen functional groups attached to an aromatic ring is 1. The van der Waals surface area contributed by atoms with Crippen LogP contribution in [-0.4, -0.2) is 24.6 Å². The van der Waals surface area contributed by atoms with E-state index in [1.807, 2.05) is 18.2 Å². The molecule has 1 rings (SSSR count). The van der Waals surface area contributed by atoms with Crippen LogP contribution in [0, 0.1) is 11.3 Å². The average Bonchev–Trinajstić information content (AvgIpc) is 2.34. The number of hydrogen-bond acceptors (Lipinski definition) is 4. The summed E-state index contributed by atoms with van der Waals surface area (Å²) in [5.41, 5.74) is 7.68. The normalized spacial score (nSPS) is 10.7. The molecule has 18 heavy (non-hydrogen) atoms. The standard InChI is InChI=1S/C14H21N3O/c1-11(2)17(8-4-7-15)10-12-5-6-14(18-3)13(16)9-12/h5-6,9,11H,4,8,10,16H2,1-3H3. The molecule has 1 aromatic carbocycles. The molecule has 0 radical (unpaired) electrons.